The minimum absolute atomic E-state index is 0.0768. The Morgan fingerprint density at radius 2 is 1.78 bits per heavy atom. The highest BCUT2D eigenvalue weighted by Gasteiger charge is 2.12. The van der Waals surface area contributed by atoms with E-state index >= 15 is 0 Å². The number of hydrogen-bond acceptors (Lipinski definition) is 2. The fourth-order valence-electron chi connectivity index (χ4n) is 1.71. The Hall–Kier alpha value is -1.70. The summed E-state index contributed by atoms with van der Waals surface area (Å²) in [6, 6.07) is 8.57. The third-order valence-corrected chi connectivity index (χ3v) is 2.76. The van der Waals surface area contributed by atoms with Crippen LogP contribution >= 0.6 is 0 Å². The van der Waals surface area contributed by atoms with Crippen LogP contribution in [0.4, 0.5) is 5.69 Å². The van der Waals surface area contributed by atoms with Crippen molar-refractivity contribution in [2.75, 3.05) is 5.32 Å². The van der Waals surface area contributed by atoms with Crippen molar-refractivity contribution in [2.24, 2.45) is 0 Å². The third kappa shape index (κ3) is 4.28. The molecule has 2 nitrogen and oxygen atoms in total. The molecule has 2 heteroatoms. The number of anilines is 1. The molecule has 0 spiro atoms. The largest absolute Gasteiger partial charge is 0.369 e. The van der Waals surface area contributed by atoms with E-state index in [1.807, 2.05) is 13.0 Å². The number of hydrogen-bond donors (Lipinski definition) is 2. The molecule has 1 rings (SSSR count). The summed E-state index contributed by atoms with van der Waals surface area (Å²) in [6.45, 7) is 12.3. The highest BCUT2D eigenvalue weighted by Crippen LogP contribution is 2.23. The van der Waals surface area contributed by atoms with Gasteiger partial charge in [-0.15, -0.1) is 0 Å². The van der Waals surface area contributed by atoms with Crippen LogP contribution in [0.25, 0.3) is 0 Å². The Balaban J connectivity index is 2.76. The van der Waals surface area contributed by atoms with Gasteiger partial charge in [0.2, 0.25) is 0 Å². The molecule has 0 aliphatic rings. The second kappa shape index (κ2) is 6.29. The average Bonchev–Trinajstić information content (AvgIpc) is 2.29. The van der Waals surface area contributed by atoms with Gasteiger partial charge < -0.3 is 10.6 Å². The lowest BCUT2D eigenvalue weighted by Crippen LogP contribution is -2.30. The van der Waals surface area contributed by atoms with Crippen LogP contribution in [-0.4, -0.2) is 6.17 Å². The van der Waals surface area contributed by atoms with Gasteiger partial charge in [-0.3, -0.25) is 0 Å². The van der Waals surface area contributed by atoms with Gasteiger partial charge in [0.15, 0.2) is 0 Å². The van der Waals surface area contributed by atoms with E-state index in [9.17, 15) is 0 Å². The Labute approximate surface area is 111 Å². The van der Waals surface area contributed by atoms with Crippen molar-refractivity contribution in [1.82, 2.24) is 5.32 Å². The molecule has 1 unspecified atom stereocenters. The van der Waals surface area contributed by atoms with Crippen LogP contribution in [0.5, 0.6) is 0 Å². The molecule has 0 heterocycles. The average molecular weight is 244 g/mol. The van der Waals surface area contributed by atoms with Crippen molar-refractivity contribution in [3.8, 4) is 0 Å². The lowest BCUT2D eigenvalue weighted by Gasteiger charge is -2.21. The first-order valence-corrected chi connectivity index (χ1v) is 6.34. The van der Waals surface area contributed by atoms with Gasteiger partial charge in [-0.1, -0.05) is 45.6 Å². The molecular formula is C16H24N2. The first kappa shape index (κ1) is 14.4. The second-order valence-electron chi connectivity index (χ2n) is 5.35. The molecule has 0 radical (unpaired) electrons. The van der Waals surface area contributed by atoms with Crippen molar-refractivity contribution < 1.29 is 0 Å². The van der Waals surface area contributed by atoms with Crippen LogP contribution in [0.2, 0.25) is 0 Å². The molecule has 0 aliphatic carbocycles. The zero-order chi connectivity index (χ0) is 13.6. The summed E-state index contributed by atoms with van der Waals surface area (Å²) in [5.74, 6) is 0. The molecule has 2 N–H and O–H groups in total. The molecule has 0 bridgehead atoms. The summed E-state index contributed by atoms with van der Waals surface area (Å²) in [7, 11) is 0. The van der Waals surface area contributed by atoms with Crippen LogP contribution in [0.15, 0.2) is 49.2 Å². The zero-order valence-corrected chi connectivity index (χ0v) is 11.8. The molecule has 1 atom stereocenters. The molecule has 0 aliphatic heterocycles. The molecule has 1 aromatic carbocycles. The fourth-order valence-corrected chi connectivity index (χ4v) is 1.71. The molecule has 98 valence electrons. The van der Waals surface area contributed by atoms with Crippen molar-refractivity contribution in [3.05, 3.63) is 54.8 Å². The summed E-state index contributed by atoms with van der Waals surface area (Å²) in [6.07, 6.45) is 5.84. The van der Waals surface area contributed by atoms with E-state index in [0.29, 0.717) is 0 Å². The highest BCUT2D eigenvalue weighted by molar-refractivity contribution is 5.47. The van der Waals surface area contributed by atoms with Crippen LogP contribution in [0.1, 0.15) is 33.3 Å². The summed E-state index contributed by atoms with van der Waals surface area (Å²) < 4.78 is 0. The Morgan fingerprint density at radius 3 is 2.22 bits per heavy atom. The standard InChI is InChI=1S/C16H24N2/c1-6-8-15(17-7-2)18-14-11-9-13(10-12-14)16(3,4)5/h6-12,15,17-18H,2H2,1,3-5H3/b8-6-. The summed E-state index contributed by atoms with van der Waals surface area (Å²) in [5, 5.41) is 6.53. The highest BCUT2D eigenvalue weighted by atomic mass is 15.1. The number of benzene rings is 1. The second-order valence-corrected chi connectivity index (χ2v) is 5.35. The SMILES string of the molecule is C=CNC(/C=C\C)Nc1ccc(C(C)(C)C)cc1. The summed E-state index contributed by atoms with van der Waals surface area (Å²) in [5.41, 5.74) is 2.63. The van der Waals surface area contributed by atoms with Gasteiger partial charge >= 0.3 is 0 Å². The smallest absolute Gasteiger partial charge is 0.115 e. The lowest BCUT2D eigenvalue weighted by molar-refractivity contribution is 0.590. The molecule has 18 heavy (non-hydrogen) atoms. The van der Waals surface area contributed by atoms with E-state index in [1.165, 1.54) is 5.56 Å². The van der Waals surface area contributed by atoms with Crippen LogP contribution in [0, 0.1) is 0 Å². The third-order valence-electron chi connectivity index (χ3n) is 2.76. The minimum Gasteiger partial charge on any atom is -0.369 e. The van der Waals surface area contributed by atoms with Crippen molar-refractivity contribution in [1.29, 1.82) is 0 Å². The molecular weight excluding hydrogens is 220 g/mol. The molecule has 0 aromatic heterocycles. The first-order valence-electron chi connectivity index (χ1n) is 6.34. The summed E-state index contributed by atoms with van der Waals surface area (Å²) in [4.78, 5) is 0. The minimum atomic E-state index is 0.0768. The maximum atomic E-state index is 3.69. The number of rotatable bonds is 5. The summed E-state index contributed by atoms with van der Waals surface area (Å²) >= 11 is 0. The normalized spacial score (nSPS) is 13.3. The van der Waals surface area contributed by atoms with Gasteiger partial charge in [0.1, 0.15) is 6.17 Å². The zero-order valence-electron chi connectivity index (χ0n) is 11.8. The van der Waals surface area contributed by atoms with Crippen molar-refractivity contribution >= 4 is 5.69 Å². The van der Waals surface area contributed by atoms with E-state index in [2.05, 4.69) is 68.3 Å². The van der Waals surface area contributed by atoms with E-state index in [-0.39, 0.29) is 11.6 Å². The number of allylic oxidation sites excluding steroid dienone is 1. The van der Waals surface area contributed by atoms with Crippen molar-refractivity contribution in [3.63, 3.8) is 0 Å². The van der Waals surface area contributed by atoms with Gasteiger partial charge in [0, 0.05) is 5.69 Å². The van der Waals surface area contributed by atoms with Gasteiger partial charge in [-0.25, -0.2) is 0 Å². The molecule has 0 saturated heterocycles. The van der Waals surface area contributed by atoms with E-state index in [1.54, 1.807) is 6.20 Å². The maximum Gasteiger partial charge on any atom is 0.115 e. The van der Waals surface area contributed by atoms with Gasteiger partial charge in [-0.05, 0) is 42.3 Å². The Bertz CT molecular complexity index is 396. The van der Waals surface area contributed by atoms with Gasteiger partial charge in [0.25, 0.3) is 0 Å². The molecule has 0 fully saturated rings. The maximum absolute atomic E-state index is 3.69. The topological polar surface area (TPSA) is 24.1 Å². The Morgan fingerprint density at radius 1 is 1.17 bits per heavy atom. The Kier molecular flexibility index (Phi) is 5.02. The number of nitrogens with one attached hydrogen (secondary N) is 2. The molecule has 0 saturated carbocycles. The van der Waals surface area contributed by atoms with Gasteiger partial charge in [-0.2, -0.15) is 0 Å². The predicted octanol–water partition coefficient (Wildman–Crippen LogP) is 4.03. The molecule has 0 amide bonds. The quantitative estimate of drug-likeness (QED) is 0.603. The fraction of sp³-hybridized carbons (Fsp3) is 0.375. The van der Waals surface area contributed by atoms with E-state index in [0.717, 1.165) is 5.69 Å². The monoisotopic (exact) mass is 244 g/mol. The van der Waals surface area contributed by atoms with Crippen LogP contribution < -0.4 is 10.6 Å². The predicted molar refractivity (Wildman–Crippen MR) is 80.7 cm³/mol. The molecule has 1 aromatic rings. The van der Waals surface area contributed by atoms with Crippen molar-refractivity contribution in [2.45, 2.75) is 39.3 Å². The lowest BCUT2D eigenvalue weighted by atomic mass is 9.87. The van der Waals surface area contributed by atoms with Gasteiger partial charge in [0.05, 0.1) is 0 Å². The van der Waals surface area contributed by atoms with E-state index in [4.69, 9.17) is 0 Å². The van der Waals surface area contributed by atoms with Crippen LogP contribution in [-0.2, 0) is 5.41 Å². The van der Waals surface area contributed by atoms with E-state index < -0.39 is 0 Å². The van der Waals surface area contributed by atoms with Crippen LogP contribution in [0.3, 0.4) is 0 Å². The first-order chi connectivity index (χ1) is 8.47.